The summed E-state index contributed by atoms with van der Waals surface area (Å²) in [5.74, 6) is -0.385. The molecule has 0 aliphatic carbocycles. The van der Waals surface area contributed by atoms with E-state index in [0.717, 1.165) is 60.6 Å². The molecule has 0 aliphatic heterocycles. The summed E-state index contributed by atoms with van der Waals surface area (Å²) in [7, 11) is 0. The number of imidazole rings is 1. The van der Waals surface area contributed by atoms with Crippen molar-refractivity contribution in [1.29, 1.82) is 0 Å². The van der Waals surface area contributed by atoms with Crippen LogP contribution >= 0.6 is 11.3 Å². The van der Waals surface area contributed by atoms with Crippen molar-refractivity contribution in [3.8, 4) is 10.6 Å². The van der Waals surface area contributed by atoms with E-state index in [1.54, 1.807) is 23.9 Å². The normalized spacial score (nSPS) is 11.2. The first-order chi connectivity index (χ1) is 12.6. The van der Waals surface area contributed by atoms with Crippen LogP contribution in [0.4, 0.5) is 0 Å². The number of unbranched alkanes of at least 4 members (excludes halogenated alkanes) is 2. The van der Waals surface area contributed by atoms with Crippen molar-refractivity contribution in [2.24, 2.45) is 5.73 Å². The quantitative estimate of drug-likeness (QED) is 0.562. The topological polar surface area (TPSA) is 89.6 Å². The van der Waals surface area contributed by atoms with Crippen LogP contribution in [-0.2, 0) is 19.4 Å². The maximum atomic E-state index is 12.2. The largest absolute Gasteiger partial charge is 0.366 e. The summed E-state index contributed by atoms with van der Waals surface area (Å²) in [5.41, 5.74) is 10.5. The maximum Gasteiger partial charge on any atom is 0.251 e. The Morgan fingerprint density at radius 3 is 2.81 bits per heavy atom. The highest BCUT2D eigenvalue weighted by atomic mass is 32.1. The predicted molar refractivity (Wildman–Crippen MR) is 104 cm³/mol. The van der Waals surface area contributed by atoms with Crippen molar-refractivity contribution >= 4 is 17.2 Å². The lowest BCUT2D eigenvalue weighted by atomic mass is 10.0. The van der Waals surface area contributed by atoms with Gasteiger partial charge in [0.1, 0.15) is 5.01 Å². The Morgan fingerprint density at radius 1 is 1.35 bits per heavy atom. The minimum Gasteiger partial charge on any atom is -0.366 e. The van der Waals surface area contributed by atoms with Gasteiger partial charge in [-0.3, -0.25) is 4.79 Å². The molecule has 3 aromatic heterocycles. The Kier molecular flexibility index (Phi) is 5.88. The van der Waals surface area contributed by atoms with Gasteiger partial charge in [-0.25, -0.2) is 9.97 Å². The standard InChI is InChI=1S/C19H25N5OS/c1-3-4-5-6-15-17(19-22-8-10-26-19)16(18(20)25)13(2)24(15)9-7-14-11-21-12-23-14/h8,10-12H,3-7,9H2,1-2H3,(H2,20,25)(H,21,23). The molecule has 0 radical (unpaired) electrons. The summed E-state index contributed by atoms with van der Waals surface area (Å²) in [6.07, 6.45) is 10.4. The van der Waals surface area contributed by atoms with Crippen LogP contribution in [-0.4, -0.2) is 25.4 Å². The van der Waals surface area contributed by atoms with Gasteiger partial charge in [0.25, 0.3) is 5.91 Å². The van der Waals surface area contributed by atoms with Gasteiger partial charge in [-0.05, 0) is 19.8 Å². The van der Waals surface area contributed by atoms with E-state index in [2.05, 4.69) is 26.4 Å². The molecular weight excluding hydrogens is 346 g/mol. The van der Waals surface area contributed by atoms with E-state index in [4.69, 9.17) is 5.73 Å². The van der Waals surface area contributed by atoms with Gasteiger partial charge in [0.15, 0.2) is 0 Å². The number of amides is 1. The number of nitrogens with two attached hydrogens (primary N) is 1. The number of hydrogen-bond donors (Lipinski definition) is 2. The SMILES string of the molecule is CCCCCc1c(-c2nccs2)c(C(N)=O)c(C)n1CCc1cnc[nH]1. The summed E-state index contributed by atoms with van der Waals surface area (Å²) >= 11 is 1.55. The van der Waals surface area contributed by atoms with Crippen molar-refractivity contribution in [2.45, 2.75) is 52.5 Å². The molecule has 3 N–H and O–H groups in total. The highest BCUT2D eigenvalue weighted by Crippen LogP contribution is 2.35. The van der Waals surface area contributed by atoms with Gasteiger partial charge in [-0.1, -0.05) is 19.8 Å². The Bertz CT molecular complexity index is 849. The fourth-order valence-corrected chi connectivity index (χ4v) is 4.15. The first-order valence-corrected chi connectivity index (χ1v) is 9.90. The zero-order valence-corrected chi connectivity index (χ0v) is 16.1. The smallest absolute Gasteiger partial charge is 0.251 e. The summed E-state index contributed by atoms with van der Waals surface area (Å²) < 4.78 is 2.24. The van der Waals surface area contributed by atoms with Gasteiger partial charge < -0.3 is 15.3 Å². The van der Waals surface area contributed by atoms with Crippen LogP contribution in [0.2, 0.25) is 0 Å². The molecular formula is C19H25N5OS. The van der Waals surface area contributed by atoms with Gasteiger partial charge in [-0.15, -0.1) is 11.3 Å². The van der Waals surface area contributed by atoms with Gasteiger partial charge in [-0.2, -0.15) is 0 Å². The summed E-state index contributed by atoms with van der Waals surface area (Å²) in [6.45, 7) is 4.95. The lowest BCUT2D eigenvalue weighted by molar-refractivity contribution is 0.1000. The number of aromatic amines is 1. The number of rotatable bonds is 9. The molecule has 3 heterocycles. The minimum atomic E-state index is -0.385. The van der Waals surface area contributed by atoms with Crippen molar-refractivity contribution in [2.75, 3.05) is 0 Å². The fourth-order valence-electron chi connectivity index (χ4n) is 3.44. The number of nitrogens with zero attached hydrogens (tertiary/aromatic N) is 3. The maximum absolute atomic E-state index is 12.2. The van der Waals surface area contributed by atoms with Crippen LogP contribution in [0.5, 0.6) is 0 Å². The minimum absolute atomic E-state index is 0.385. The van der Waals surface area contributed by atoms with Gasteiger partial charge >= 0.3 is 0 Å². The number of nitrogens with one attached hydrogen (secondary N) is 1. The molecule has 0 aromatic carbocycles. The van der Waals surface area contributed by atoms with Crippen molar-refractivity contribution in [3.05, 3.63) is 46.7 Å². The van der Waals surface area contributed by atoms with Crippen LogP contribution in [0.3, 0.4) is 0 Å². The monoisotopic (exact) mass is 371 g/mol. The van der Waals surface area contributed by atoms with E-state index >= 15 is 0 Å². The van der Waals surface area contributed by atoms with E-state index in [-0.39, 0.29) is 5.91 Å². The summed E-state index contributed by atoms with van der Waals surface area (Å²) in [4.78, 5) is 23.9. The molecule has 7 heteroatoms. The molecule has 138 valence electrons. The third-order valence-corrected chi connectivity index (χ3v) is 5.49. The number of primary amides is 1. The lowest BCUT2D eigenvalue weighted by Gasteiger charge is -2.12. The molecule has 0 saturated carbocycles. The van der Waals surface area contributed by atoms with Crippen molar-refractivity contribution in [3.63, 3.8) is 0 Å². The lowest BCUT2D eigenvalue weighted by Crippen LogP contribution is -2.14. The van der Waals surface area contributed by atoms with E-state index in [9.17, 15) is 4.79 Å². The van der Waals surface area contributed by atoms with Gasteiger partial charge in [0.2, 0.25) is 0 Å². The number of aryl methyl sites for hydroxylation is 1. The molecule has 3 aromatic rings. The summed E-state index contributed by atoms with van der Waals surface area (Å²) in [6, 6.07) is 0. The molecule has 0 saturated heterocycles. The second-order valence-corrected chi connectivity index (χ2v) is 7.31. The Morgan fingerprint density at radius 2 is 2.19 bits per heavy atom. The zero-order valence-electron chi connectivity index (χ0n) is 15.3. The molecule has 3 rings (SSSR count). The van der Waals surface area contributed by atoms with E-state index < -0.39 is 0 Å². The number of thiazole rings is 1. The van der Waals surface area contributed by atoms with E-state index in [1.165, 1.54) is 5.69 Å². The Hall–Kier alpha value is -2.41. The highest BCUT2D eigenvalue weighted by molar-refractivity contribution is 7.13. The molecule has 0 unspecified atom stereocenters. The van der Waals surface area contributed by atoms with Crippen LogP contribution in [0.15, 0.2) is 24.1 Å². The number of aromatic nitrogens is 4. The fraction of sp³-hybridized carbons (Fsp3) is 0.421. The zero-order chi connectivity index (χ0) is 18.5. The molecule has 0 fully saturated rings. The first-order valence-electron chi connectivity index (χ1n) is 9.02. The van der Waals surface area contributed by atoms with Crippen LogP contribution < -0.4 is 5.73 Å². The van der Waals surface area contributed by atoms with Gasteiger partial charge in [0, 0.05) is 53.4 Å². The number of H-pyrrole nitrogens is 1. The van der Waals surface area contributed by atoms with Crippen LogP contribution in [0.1, 0.15) is 53.6 Å². The Balaban J connectivity index is 2.05. The van der Waals surface area contributed by atoms with E-state index in [1.807, 2.05) is 18.5 Å². The average molecular weight is 372 g/mol. The predicted octanol–water partition coefficient (Wildman–Crippen LogP) is 3.72. The molecule has 0 aliphatic rings. The second kappa shape index (κ2) is 8.31. The Labute approximate surface area is 157 Å². The van der Waals surface area contributed by atoms with Crippen molar-refractivity contribution < 1.29 is 4.79 Å². The number of carbonyl (C=O) groups is 1. The summed E-state index contributed by atoms with van der Waals surface area (Å²) in [5, 5.41) is 2.81. The van der Waals surface area contributed by atoms with Crippen LogP contribution in [0, 0.1) is 6.92 Å². The van der Waals surface area contributed by atoms with E-state index in [0.29, 0.717) is 5.56 Å². The van der Waals surface area contributed by atoms with Gasteiger partial charge in [0.05, 0.1) is 11.9 Å². The van der Waals surface area contributed by atoms with Crippen molar-refractivity contribution in [1.82, 2.24) is 19.5 Å². The third-order valence-electron chi connectivity index (χ3n) is 4.70. The molecule has 0 spiro atoms. The third kappa shape index (κ3) is 3.72. The highest BCUT2D eigenvalue weighted by Gasteiger charge is 2.25. The second-order valence-electron chi connectivity index (χ2n) is 6.42. The average Bonchev–Trinajstić information content (AvgIpc) is 3.34. The van der Waals surface area contributed by atoms with Crippen LogP contribution in [0.25, 0.3) is 10.6 Å². The molecule has 1 amide bonds. The number of carbonyl (C=O) groups excluding carboxylic acids is 1. The first kappa shape index (κ1) is 18.4. The number of hydrogen-bond acceptors (Lipinski definition) is 4. The molecule has 26 heavy (non-hydrogen) atoms. The molecule has 0 atom stereocenters. The molecule has 6 nitrogen and oxygen atoms in total. The molecule has 0 bridgehead atoms.